The first-order chi connectivity index (χ1) is 10.0. The van der Waals surface area contributed by atoms with Crippen molar-refractivity contribution in [3.05, 3.63) is 39.9 Å². The van der Waals surface area contributed by atoms with E-state index in [2.05, 4.69) is 15.5 Å². The fourth-order valence-electron chi connectivity index (χ4n) is 1.43. The van der Waals surface area contributed by atoms with Gasteiger partial charge in [0.1, 0.15) is 5.75 Å². The minimum atomic E-state index is -0.556. The average molecular weight is 325 g/mol. The highest BCUT2D eigenvalue weighted by Gasteiger charge is 2.04. The van der Waals surface area contributed by atoms with Gasteiger partial charge >= 0.3 is 0 Å². The van der Waals surface area contributed by atoms with Crippen molar-refractivity contribution in [2.75, 3.05) is 12.0 Å². The molecule has 0 saturated carbocycles. The summed E-state index contributed by atoms with van der Waals surface area (Å²) in [4.78, 5) is 14.9. The van der Waals surface area contributed by atoms with Crippen molar-refractivity contribution in [2.45, 2.75) is 6.92 Å². The highest BCUT2D eigenvalue weighted by Crippen LogP contribution is 2.24. The number of primary amides is 1. The van der Waals surface area contributed by atoms with Crippen molar-refractivity contribution in [1.82, 2.24) is 4.98 Å². The summed E-state index contributed by atoms with van der Waals surface area (Å²) in [6.07, 6.45) is 1.61. The third-order valence-electron chi connectivity index (χ3n) is 2.32. The molecule has 0 unspecified atom stereocenters. The molecule has 1 aromatic heterocycles. The van der Waals surface area contributed by atoms with Crippen LogP contribution in [0.1, 0.15) is 11.3 Å². The number of thiazole rings is 1. The number of nitrogens with one attached hydrogen (secondary N) is 1. The monoisotopic (exact) mass is 324 g/mol. The molecule has 110 valence electrons. The number of hydrogen-bond acceptors (Lipinski definition) is 6. The first kappa shape index (κ1) is 15.3. The molecular weight excluding hydrogens is 312 g/mol. The van der Waals surface area contributed by atoms with E-state index in [0.717, 1.165) is 16.4 Å². The number of carbonyl (C=O) groups excluding carboxylic acids is 1. The lowest BCUT2D eigenvalue weighted by atomic mass is 10.2. The Bertz CT molecular complexity index is 672. The van der Waals surface area contributed by atoms with Crippen LogP contribution in [0.3, 0.4) is 0 Å². The first-order valence-corrected chi connectivity index (χ1v) is 7.22. The van der Waals surface area contributed by atoms with Gasteiger partial charge in [-0.1, -0.05) is 11.6 Å². The van der Waals surface area contributed by atoms with Crippen LogP contribution >= 0.6 is 22.9 Å². The molecule has 8 heteroatoms. The second kappa shape index (κ2) is 7.05. The summed E-state index contributed by atoms with van der Waals surface area (Å²) in [7, 11) is 0. The van der Waals surface area contributed by atoms with Gasteiger partial charge in [-0.3, -0.25) is 10.2 Å². The van der Waals surface area contributed by atoms with Gasteiger partial charge in [-0.2, -0.15) is 5.10 Å². The molecule has 6 nitrogen and oxygen atoms in total. The number of anilines is 1. The van der Waals surface area contributed by atoms with Crippen LogP contribution in [-0.2, 0) is 4.79 Å². The SMILES string of the molecule is Cc1csc(NN=Cc2ccc(OCC(N)=O)c(Cl)c2)n1. The summed E-state index contributed by atoms with van der Waals surface area (Å²) in [5.74, 6) is -0.157. The maximum atomic E-state index is 10.6. The van der Waals surface area contributed by atoms with Crippen LogP contribution < -0.4 is 15.9 Å². The summed E-state index contributed by atoms with van der Waals surface area (Å²) in [5.41, 5.74) is 9.56. The number of hydrazone groups is 1. The maximum absolute atomic E-state index is 10.6. The summed E-state index contributed by atoms with van der Waals surface area (Å²) >= 11 is 7.52. The van der Waals surface area contributed by atoms with E-state index < -0.39 is 5.91 Å². The van der Waals surface area contributed by atoms with E-state index in [4.69, 9.17) is 22.1 Å². The fourth-order valence-corrected chi connectivity index (χ4v) is 2.31. The second-order valence-electron chi connectivity index (χ2n) is 4.11. The van der Waals surface area contributed by atoms with Gasteiger partial charge in [0.05, 0.1) is 16.9 Å². The maximum Gasteiger partial charge on any atom is 0.255 e. The van der Waals surface area contributed by atoms with E-state index in [1.165, 1.54) is 11.3 Å². The van der Waals surface area contributed by atoms with Crippen LogP contribution in [0, 0.1) is 6.92 Å². The molecule has 0 radical (unpaired) electrons. The number of hydrogen-bond donors (Lipinski definition) is 2. The Balaban J connectivity index is 1.97. The number of carbonyl (C=O) groups is 1. The van der Waals surface area contributed by atoms with E-state index in [9.17, 15) is 4.79 Å². The summed E-state index contributed by atoms with van der Waals surface area (Å²) < 4.78 is 5.15. The predicted molar refractivity (Wildman–Crippen MR) is 84.2 cm³/mol. The van der Waals surface area contributed by atoms with Crippen molar-refractivity contribution in [2.24, 2.45) is 10.8 Å². The van der Waals surface area contributed by atoms with Crippen molar-refractivity contribution in [3.8, 4) is 5.75 Å². The molecule has 2 aromatic rings. The number of rotatable bonds is 6. The molecule has 2 rings (SSSR count). The van der Waals surface area contributed by atoms with E-state index in [1.807, 2.05) is 12.3 Å². The predicted octanol–water partition coefficient (Wildman–Crippen LogP) is 2.42. The minimum Gasteiger partial charge on any atom is -0.482 e. The van der Waals surface area contributed by atoms with E-state index in [0.29, 0.717) is 10.8 Å². The molecule has 0 aliphatic heterocycles. The van der Waals surface area contributed by atoms with Gasteiger partial charge in [0.2, 0.25) is 5.13 Å². The van der Waals surface area contributed by atoms with Crippen molar-refractivity contribution in [3.63, 3.8) is 0 Å². The Kier molecular flexibility index (Phi) is 5.13. The fraction of sp³-hybridized carbons (Fsp3) is 0.154. The lowest BCUT2D eigenvalue weighted by Crippen LogP contribution is -2.20. The van der Waals surface area contributed by atoms with Crippen LogP contribution in [0.5, 0.6) is 5.75 Å². The highest BCUT2D eigenvalue weighted by atomic mass is 35.5. The minimum absolute atomic E-state index is 0.210. The van der Waals surface area contributed by atoms with Crippen LogP contribution in [-0.4, -0.2) is 23.7 Å². The van der Waals surface area contributed by atoms with E-state index >= 15 is 0 Å². The Hall–Kier alpha value is -2.12. The Morgan fingerprint density at radius 2 is 2.43 bits per heavy atom. The first-order valence-electron chi connectivity index (χ1n) is 5.96. The molecule has 1 aromatic carbocycles. The van der Waals surface area contributed by atoms with Gasteiger partial charge in [0, 0.05) is 5.38 Å². The normalized spacial score (nSPS) is 10.8. The quantitative estimate of drug-likeness (QED) is 0.630. The van der Waals surface area contributed by atoms with Crippen LogP contribution in [0.25, 0.3) is 0 Å². The third-order valence-corrected chi connectivity index (χ3v) is 3.48. The summed E-state index contributed by atoms with van der Waals surface area (Å²) in [5, 5.41) is 7.10. The van der Waals surface area contributed by atoms with Gasteiger partial charge in [-0.15, -0.1) is 11.3 Å². The van der Waals surface area contributed by atoms with E-state index in [-0.39, 0.29) is 6.61 Å². The Morgan fingerprint density at radius 3 is 3.05 bits per heavy atom. The van der Waals surface area contributed by atoms with Crippen molar-refractivity contribution >= 4 is 40.2 Å². The molecular formula is C13H13ClN4O2S. The summed E-state index contributed by atoms with van der Waals surface area (Å²) in [6, 6.07) is 5.09. The molecule has 0 saturated heterocycles. The highest BCUT2D eigenvalue weighted by molar-refractivity contribution is 7.13. The Morgan fingerprint density at radius 1 is 1.62 bits per heavy atom. The largest absolute Gasteiger partial charge is 0.482 e. The number of amides is 1. The van der Waals surface area contributed by atoms with Gasteiger partial charge in [0.15, 0.2) is 6.61 Å². The molecule has 0 bridgehead atoms. The number of benzene rings is 1. The number of aromatic nitrogens is 1. The lowest BCUT2D eigenvalue weighted by Gasteiger charge is -2.06. The molecule has 0 aliphatic carbocycles. The number of aryl methyl sites for hydroxylation is 1. The standard InChI is InChI=1S/C13H13ClN4O2S/c1-8-7-21-13(17-8)18-16-5-9-2-3-11(10(14)4-9)20-6-12(15)19/h2-5,7H,6H2,1H3,(H2,15,19)(H,17,18). The van der Waals surface area contributed by atoms with Crippen molar-refractivity contribution in [1.29, 1.82) is 0 Å². The smallest absolute Gasteiger partial charge is 0.255 e. The number of nitrogens with two attached hydrogens (primary N) is 1. The van der Waals surface area contributed by atoms with Crippen molar-refractivity contribution < 1.29 is 9.53 Å². The zero-order valence-electron chi connectivity index (χ0n) is 11.2. The molecule has 1 amide bonds. The molecule has 1 heterocycles. The van der Waals surface area contributed by atoms with Gasteiger partial charge in [-0.05, 0) is 30.7 Å². The van der Waals surface area contributed by atoms with E-state index in [1.54, 1.807) is 24.4 Å². The van der Waals surface area contributed by atoms with Crippen LogP contribution in [0.15, 0.2) is 28.7 Å². The zero-order valence-corrected chi connectivity index (χ0v) is 12.7. The average Bonchev–Trinajstić information content (AvgIpc) is 2.83. The number of ether oxygens (including phenoxy) is 1. The Labute approximate surface area is 130 Å². The lowest BCUT2D eigenvalue weighted by molar-refractivity contribution is -0.119. The number of nitrogens with zero attached hydrogens (tertiary/aromatic N) is 2. The third kappa shape index (κ3) is 4.73. The molecule has 0 aliphatic rings. The zero-order chi connectivity index (χ0) is 15.2. The second-order valence-corrected chi connectivity index (χ2v) is 5.37. The summed E-state index contributed by atoms with van der Waals surface area (Å²) in [6.45, 7) is 1.70. The molecule has 0 spiro atoms. The number of halogens is 1. The van der Waals surface area contributed by atoms with Crippen LogP contribution in [0.4, 0.5) is 5.13 Å². The topological polar surface area (TPSA) is 89.6 Å². The molecule has 21 heavy (non-hydrogen) atoms. The molecule has 3 N–H and O–H groups in total. The van der Waals surface area contributed by atoms with Gasteiger partial charge < -0.3 is 10.5 Å². The van der Waals surface area contributed by atoms with Gasteiger partial charge in [-0.25, -0.2) is 4.98 Å². The molecule has 0 atom stereocenters. The molecule has 0 fully saturated rings. The van der Waals surface area contributed by atoms with Crippen LogP contribution in [0.2, 0.25) is 5.02 Å². The van der Waals surface area contributed by atoms with Gasteiger partial charge in [0.25, 0.3) is 5.91 Å².